The normalized spacial score (nSPS) is 18.8. The van der Waals surface area contributed by atoms with Gasteiger partial charge in [0.25, 0.3) is 5.60 Å². The molecular weight excluding hydrogens is 516 g/mol. The molecule has 1 heterocycles. The molecule has 0 radical (unpaired) electrons. The number of hydrogen-bond donors (Lipinski definition) is 1. The fraction of sp³-hybridized carbons (Fsp3) is 0.435. The molecule has 2 aromatic rings. The first-order valence-corrected chi connectivity index (χ1v) is 12.4. The Morgan fingerprint density at radius 3 is 2.11 bits per heavy atom. The Hall–Kier alpha value is -2.80. The van der Waals surface area contributed by atoms with Crippen LogP contribution in [0.15, 0.2) is 47.4 Å². The lowest BCUT2D eigenvalue weighted by Gasteiger charge is -2.33. The highest BCUT2D eigenvalue weighted by atomic mass is 32.2. The van der Waals surface area contributed by atoms with Crippen LogP contribution in [0.2, 0.25) is 0 Å². The minimum Gasteiger partial charge on any atom is -0.453 e. The van der Waals surface area contributed by atoms with E-state index in [2.05, 4.69) is 0 Å². The van der Waals surface area contributed by atoms with Crippen molar-refractivity contribution in [1.82, 2.24) is 4.90 Å². The summed E-state index contributed by atoms with van der Waals surface area (Å²) >= 11 is 0. The van der Waals surface area contributed by atoms with E-state index < -0.39 is 45.5 Å². The van der Waals surface area contributed by atoms with Crippen LogP contribution in [0, 0.1) is 5.92 Å². The quantitative estimate of drug-likeness (QED) is 0.552. The maximum Gasteiger partial charge on any atom is 0.430 e. The molecule has 2 aliphatic rings. The standard InChI is InChI=1S/C23H21F6NO5S/c1-35-20(31)30-11-15-10-17(36(33,34)12-13-2-3-13)8-9-18(15)19(30)14-4-6-16(7-5-14)21(32,22(24,25)26)23(27,28)29/h4-10,13,19,32H,2-3,11-12H2,1H3. The number of ether oxygens (including phenoxy) is 1. The van der Waals surface area contributed by atoms with Gasteiger partial charge in [-0.1, -0.05) is 30.3 Å². The van der Waals surface area contributed by atoms with E-state index in [1.807, 2.05) is 0 Å². The smallest absolute Gasteiger partial charge is 0.430 e. The zero-order valence-electron chi connectivity index (χ0n) is 18.7. The molecule has 36 heavy (non-hydrogen) atoms. The van der Waals surface area contributed by atoms with Crippen LogP contribution < -0.4 is 0 Å². The van der Waals surface area contributed by atoms with E-state index in [9.17, 15) is 44.7 Å². The van der Waals surface area contributed by atoms with E-state index in [4.69, 9.17) is 4.74 Å². The number of sulfone groups is 1. The van der Waals surface area contributed by atoms with E-state index in [1.165, 1.54) is 23.1 Å². The van der Waals surface area contributed by atoms with Gasteiger partial charge in [-0.2, -0.15) is 26.3 Å². The van der Waals surface area contributed by atoms with Crippen LogP contribution in [0.4, 0.5) is 31.1 Å². The fourth-order valence-electron chi connectivity index (χ4n) is 4.35. The van der Waals surface area contributed by atoms with Gasteiger partial charge in [0.15, 0.2) is 9.84 Å². The Balaban J connectivity index is 1.74. The molecule has 0 spiro atoms. The number of nitrogens with zero attached hydrogens (tertiary/aromatic N) is 1. The number of hydrogen-bond acceptors (Lipinski definition) is 5. The highest BCUT2D eigenvalue weighted by Crippen LogP contribution is 2.50. The largest absolute Gasteiger partial charge is 0.453 e. The van der Waals surface area contributed by atoms with E-state index in [-0.39, 0.29) is 28.7 Å². The molecule has 1 N–H and O–H groups in total. The van der Waals surface area contributed by atoms with Crippen LogP contribution in [-0.4, -0.2) is 49.7 Å². The topological polar surface area (TPSA) is 83.9 Å². The molecule has 13 heteroatoms. The molecule has 1 saturated carbocycles. The van der Waals surface area contributed by atoms with Crippen molar-refractivity contribution in [2.24, 2.45) is 5.92 Å². The molecule has 1 aliphatic carbocycles. The molecule has 0 saturated heterocycles. The molecule has 1 atom stereocenters. The molecule has 2 aromatic carbocycles. The van der Waals surface area contributed by atoms with Crippen molar-refractivity contribution in [3.63, 3.8) is 0 Å². The lowest BCUT2D eigenvalue weighted by molar-refractivity contribution is -0.376. The Kier molecular flexibility index (Phi) is 6.31. The van der Waals surface area contributed by atoms with Crippen LogP contribution in [0.25, 0.3) is 0 Å². The molecule has 1 amide bonds. The number of carbonyl (C=O) groups is 1. The average molecular weight is 537 g/mol. The third-order valence-electron chi connectivity index (χ3n) is 6.45. The highest BCUT2D eigenvalue weighted by molar-refractivity contribution is 7.91. The molecule has 1 unspecified atom stereocenters. The number of aliphatic hydroxyl groups is 1. The molecule has 4 rings (SSSR count). The molecule has 1 aliphatic heterocycles. The van der Waals surface area contributed by atoms with E-state index in [0.29, 0.717) is 23.3 Å². The van der Waals surface area contributed by atoms with Gasteiger partial charge < -0.3 is 9.84 Å². The summed E-state index contributed by atoms with van der Waals surface area (Å²) in [6, 6.07) is 6.19. The summed E-state index contributed by atoms with van der Waals surface area (Å²) in [6.07, 6.45) is -11.2. The fourth-order valence-corrected chi connectivity index (χ4v) is 6.10. The van der Waals surface area contributed by atoms with Gasteiger partial charge in [-0.05, 0) is 47.6 Å². The molecule has 6 nitrogen and oxygen atoms in total. The van der Waals surface area contributed by atoms with Crippen molar-refractivity contribution in [3.05, 3.63) is 64.7 Å². The van der Waals surface area contributed by atoms with Crippen molar-refractivity contribution in [1.29, 1.82) is 0 Å². The molecule has 1 fully saturated rings. The second-order valence-corrected chi connectivity index (χ2v) is 10.9. The van der Waals surface area contributed by atoms with Gasteiger partial charge in [-0.15, -0.1) is 0 Å². The van der Waals surface area contributed by atoms with Crippen molar-refractivity contribution < 1.29 is 49.4 Å². The summed E-state index contributed by atoms with van der Waals surface area (Å²) in [7, 11) is -2.47. The predicted molar refractivity (Wildman–Crippen MR) is 113 cm³/mol. The molecule has 0 aromatic heterocycles. The van der Waals surface area contributed by atoms with Gasteiger partial charge >= 0.3 is 18.4 Å². The molecule has 0 bridgehead atoms. The third kappa shape index (κ3) is 4.42. The second kappa shape index (κ2) is 8.65. The van der Waals surface area contributed by atoms with Crippen LogP contribution in [0.1, 0.15) is 41.1 Å². The lowest BCUT2D eigenvalue weighted by atomic mass is 9.89. The highest BCUT2D eigenvalue weighted by Gasteiger charge is 2.71. The number of alkyl halides is 6. The Labute approximate surface area is 202 Å². The third-order valence-corrected chi connectivity index (χ3v) is 8.33. The summed E-state index contributed by atoms with van der Waals surface area (Å²) in [6.45, 7) is -0.0871. The number of carbonyl (C=O) groups excluding carboxylic acids is 1. The van der Waals surface area contributed by atoms with Gasteiger partial charge in [0.1, 0.15) is 0 Å². The second-order valence-electron chi connectivity index (χ2n) is 8.91. The maximum absolute atomic E-state index is 13.2. The summed E-state index contributed by atoms with van der Waals surface area (Å²) in [5.41, 5.74) is -5.48. The van der Waals surface area contributed by atoms with E-state index >= 15 is 0 Å². The van der Waals surface area contributed by atoms with Gasteiger partial charge in [0.05, 0.1) is 30.3 Å². The monoisotopic (exact) mass is 537 g/mol. The van der Waals surface area contributed by atoms with Crippen LogP contribution in [-0.2, 0) is 26.7 Å². The van der Waals surface area contributed by atoms with Crippen molar-refractivity contribution in [3.8, 4) is 0 Å². The van der Waals surface area contributed by atoms with Crippen molar-refractivity contribution >= 4 is 15.9 Å². The number of amides is 1. The van der Waals surface area contributed by atoms with E-state index in [1.54, 1.807) is 0 Å². The number of halogens is 6. The summed E-state index contributed by atoms with van der Waals surface area (Å²) in [4.78, 5) is 13.7. The Morgan fingerprint density at radius 2 is 1.61 bits per heavy atom. The number of rotatable bonds is 5. The SMILES string of the molecule is COC(=O)N1Cc2cc(S(=O)(=O)CC3CC3)ccc2C1c1ccc(C(O)(C(F)(F)F)C(F)(F)F)cc1. The molecule has 196 valence electrons. The van der Waals surface area contributed by atoms with Gasteiger partial charge in [-0.25, -0.2) is 13.2 Å². The summed E-state index contributed by atoms with van der Waals surface area (Å²) in [5, 5.41) is 9.63. The first-order valence-electron chi connectivity index (χ1n) is 10.8. The Morgan fingerprint density at radius 1 is 1.03 bits per heavy atom. The first kappa shape index (κ1) is 26.3. The first-order chi connectivity index (χ1) is 16.6. The van der Waals surface area contributed by atoms with Crippen molar-refractivity contribution in [2.45, 2.75) is 48.3 Å². The Bertz CT molecular complexity index is 1260. The number of methoxy groups -OCH3 is 1. The maximum atomic E-state index is 13.2. The zero-order chi connectivity index (χ0) is 26.7. The van der Waals surface area contributed by atoms with Crippen LogP contribution in [0.5, 0.6) is 0 Å². The number of benzene rings is 2. The summed E-state index contributed by atoms with van der Waals surface area (Å²) in [5.74, 6) is 0.103. The lowest BCUT2D eigenvalue weighted by Crippen LogP contribution is -2.53. The molecular formula is C23H21F6NO5S. The van der Waals surface area contributed by atoms with Crippen molar-refractivity contribution in [2.75, 3.05) is 12.9 Å². The van der Waals surface area contributed by atoms with Gasteiger partial charge in [0.2, 0.25) is 0 Å². The van der Waals surface area contributed by atoms with Crippen LogP contribution >= 0.6 is 0 Å². The summed E-state index contributed by atoms with van der Waals surface area (Å²) < 4.78 is 110. The van der Waals surface area contributed by atoms with Gasteiger partial charge in [-0.3, -0.25) is 4.90 Å². The van der Waals surface area contributed by atoms with Crippen LogP contribution in [0.3, 0.4) is 0 Å². The average Bonchev–Trinajstić information content (AvgIpc) is 3.51. The zero-order valence-corrected chi connectivity index (χ0v) is 19.5. The minimum atomic E-state index is -6.03. The number of fused-ring (bicyclic) bond motifs is 1. The van der Waals surface area contributed by atoms with Gasteiger partial charge in [0, 0.05) is 5.56 Å². The minimum absolute atomic E-state index is 0.00128. The van der Waals surface area contributed by atoms with E-state index in [0.717, 1.165) is 32.1 Å². The predicted octanol–water partition coefficient (Wildman–Crippen LogP) is 4.85.